The van der Waals surface area contributed by atoms with Crippen LogP contribution < -0.4 is 5.32 Å². The van der Waals surface area contributed by atoms with Gasteiger partial charge in [-0.25, -0.2) is 4.98 Å². The van der Waals surface area contributed by atoms with Gasteiger partial charge in [0.2, 0.25) is 11.8 Å². The summed E-state index contributed by atoms with van der Waals surface area (Å²) in [7, 11) is 0. The number of rotatable bonds is 8. The van der Waals surface area contributed by atoms with Crippen LogP contribution in [0.3, 0.4) is 0 Å². The second kappa shape index (κ2) is 8.77. The van der Waals surface area contributed by atoms with E-state index in [1.54, 1.807) is 11.1 Å². The van der Waals surface area contributed by atoms with Gasteiger partial charge in [0.15, 0.2) is 5.13 Å². The summed E-state index contributed by atoms with van der Waals surface area (Å²) in [6, 6.07) is 0. The average molecular weight is 311 g/mol. The lowest BCUT2D eigenvalue weighted by Gasteiger charge is -2.22. The fraction of sp³-hybridized carbons (Fsp3) is 0.667. The van der Waals surface area contributed by atoms with Crippen LogP contribution in [0.5, 0.6) is 0 Å². The minimum absolute atomic E-state index is 0.0450. The van der Waals surface area contributed by atoms with Gasteiger partial charge < -0.3 is 10.2 Å². The van der Waals surface area contributed by atoms with Crippen molar-refractivity contribution in [2.45, 2.75) is 47.0 Å². The Morgan fingerprint density at radius 2 is 2.14 bits per heavy atom. The van der Waals surface area contributed by atoms with Gasteiger partial charge in [-0.2, -0.15) is 0 Å². The van der Waals surface area contributed by atoms with Gasteiger partial charge in [-0.05, 0) is 25.7 Å². The molecule has 0 aliphatic rings. The van der Waals surface area contributed by atoms with Gasteiger partial charge in [0, 0.05) is 24.0 Å². The number of hydrogen-bond acceptors (Lipinski definition) is 4. The Morgan fingerprint density at radius 3 is 2.67 bits per heavy atom. The van der Waals surface area contributed by atoms with Gasteiger partial charge >= 0.3 is 0 Å². The van der Waals surface area contributed by atoms with Gasteiger partial charge in [-0.1, -0.05) is 20.8 Å². The van der Waals surface area contributed by atoms with Gasteiger partial charge in [-0.15, -0.1) is 11.3 Å². The molecule has 0 fully saturated rings. The molecule has 1 N–H and O–H groups in total. The highest BCUT2D eigenvalue weighted by Crippen LogP contribution is 2.16. The highest BCUT2D eigenvalue weighted by atomic mass is 32.1. The van der Waals surface area contributed by atoms with E-state index in [-0.39, 0.29) is 18.4 Å². The minimum atomic E-state index is -0.183. The third-order valence-electron chi connectivity index (χ3n) is 3.00. The fourth-order valence-corrected chi connectivity index (χ4v) is 2.50. The summed E-state index contributed by atoms with van der Waals surface area (Å²) in [5.74, 6) is 0.368. The molecule has 118 valence electrons. The zero-order valence-electron chi connectivity index (χ0n) is 13.3. The number of anilines is 1. The molecule has 21 heavy (non-hydrogen) atoms. The zero-order valence-corrected chi connectivity index (χ0v) is 14.1. The molecule has 0 saturated carbocycles. The first-order chi connectivity index (χ1) is 9.92. The topological polar surface area (TPSA) is 62.3 Å². The second-order valence-corrected chi connectivity index (χ2v) is 6.81. The summed E-state index contributed by atoms with van der Waals surface area (Å²) < 4.78 is 0. The standard InChI is InChI=1S/C15H25N3O2S/c1-5-6-14(20)18(8-7-11(2)3)10-13(19)17-15-16-9-12(4)21-15/h9,11H,5-8,10H2,1-4H3,(H,16,17,19). The molecule has 1 heterocycles. The maximum absolute atomic E-state index is 12.1. The molecule has 0 radical (unpaired) electrons. The highest BCUT2D eigenvalue weighted by molar-refractivity contribution is 7.15. The molecular weight excluding hydrogens is 286 g/mol. The first-order valence-corrected chi connectivity index (χ1v) is 8.24. The van der Waals surface area contributed by atoms with Gasteiger partial charge in [0.05, 0.1) is 6.54 Å². The van der Waals surface area contributed by atoms with E-state index in [0.717, 1.165) is 17.7 Å². The lowest BCUT2D eigenvalue weighted by molar-refractivity contribution is -0.134. The first kappa shape index (κ1) is 17.6. The molecule has 2 amide bonds. The molecular formula is C15H25N3O2S. The number of carbonyl (C=O) groups excluding carboxylic acids is 2. The molecule has 1 aromatic rings. The minimum Gasteiger partial charge on any atom is -0.333 e. The van der Waals surface area contributed by atoms with Crippen LogP contribution in [0, 0.1) is 12.8 Å². The van der Waals surface area contributed by atoms with Crippen LogP contribution in [-0.2, 0) is 9.59 Å². The van der Waals surface area contributed by atoms with Gasteiger partial charge in [0.1, 0.15) is 0 Å². The van der Waals surface area contributed by atoms with Crippen molar-refractivity contribution in [1.29, 1.82) is 0 Å². The van der Waals surface area contributed by atoms with Crippen LogP contribution in [0.1, 0.15) is 44.9 Å². The molecule has 0 unspecified atom stereocenters. The van der Waals surface area contributed by atoms with Crippen LogP contribution >= 0.6 is 11.3 Å². The second-order valence-electron chi connectivity index (χ2n) is 5.57. The Hall–Kier alpha value is -1.43. The van der Waals surface area contributed by atoms with E-state index in [1.165, 1.54) is 11.3 Å². The smallest absolute Gasteiger partial charge is 0.245 e. The predicted molar refractivity (Wildman–Crippen MR) is 86.4 cm³/mol. The third kappa shape index (κ3) is 6.71. The van der Waals surface area contributed by atoms with E-state index in [1.807, 2.05) is 13.8 Å². The number of aromatic nitrogens is 1. The van der Waals surface area contributed by atoms with Crippen LogP contribution in [-0.4, -0.2) is 34.8 Å². The van der Waals surface area contributed by atoms with Crippen molar-refractivity contribution < 1.29 is 9.59 Å². The summed E-state index contributed by atoms with van der Waals surface area (Å²) in [5.41, 5.74) is 0. The molecule has 6 heteroatoms. The molecule has 0 aromatic carbocycles. The molecule has 1 rings (SSSR count). The number of aryl methyl sites for hydroxylation is 1. The summed E-state index contributed by atoms with van der Waals surface area (Å²) >= 11 is 1.43. The number of hydrogen-bond donors (Lipinski definition) is 1. The lowest BCUT2D eigenvalue weighted by Crippen LogP contribution is -2.38. The molecule has 0 aliphatic carbocycles. The molecule has 0 spiro atoms. The number of carbonyl (C=O) groups is 2. The van der Waals surface area contributed by atoms with Crippen molar-refractivity contribution >= 4 is 28.3 Å². The highest BCUT2D eigenvalue weighted by Gasteiger charge is 2.17. The number of nitrogens with zero attached hydrogens (tertiary/aromatic N) is 2. The maximum atomic E-state index is 12.1. The molecule has 5 nitrogen and oxygen atoms in total. The molecule has 0 atom stereocenters. The zero-order chi connectivity index (χ0) is 15.8. The van der Waals surface area contributed by atoms with Crippen molar-refractivity contribution in [1.82, 2.24) is 9.88 Å². The summed E-state index contributed by atoms with van der Waals surface area (Å²) in [5, 5.41) is 3.34. The quantitative estimate of drug-likeness (QED) is 0.802. The maximum Gasteiger partial charge on any atom is 0.245 e. The summed E-state index contributed by atoms with van der Waals surface area (Å²) in [6.45, 7) is 8.86. The predicted octanol–water partition coefficient (Wildman–Crippen LogP) is 3.06. The van der Waals surface area contributed by atoms with Crippen molar-refractivity contribution in [3.63, 3.8) is 0 Å². The van der Waals surface area contributed by atoms with Crippen LogP contribution in [0.4, 0.5) is 5.13 Å². The van der Waals surface area contributed by atoms with E-state index < -0.39 is 0 Å². The van der Waals surface area contributed by atoms with Crippen LogP contribution in [0.2, 0.25) is 0 Å². The van der Waals surface area contributed by atoms with E-state index in [9.17, 15) is 9.59 Å². The van der Waals surface area contributed by atoms with Gasteiger partial charge in [0.25, 0.3) is 0 Å². The number of amides is 2. The van der Waals surface area contributed by atoms with Crippen LogP contribution in [0.15, 0.2) is 6.20 Å². The lowest BCUT2D eigenvalue weighted by atomic mass is 10.1. The van der Waals surface area contributed by atoms with E-state index in [4.69, 9.17) is 0 Å². The summed E-state index contributed by atoms with van der Waals surface area (Å²) in [4.78, 5) is 30.9. The fourth-order valence-electron chi connectivity index (χ4n) is 1.82. The molecule has 0 bridgehead atoms. The van der Waals surface area contributed by atoms with Crippen LogP contribution in [0.25, 0.3) is 0 Å². The first-order valence-electron chi connectivity index (χ1n) is 7.42. The average Bonchev–Trinajstić information content (AvgIpc) is 2.79. The van der Waals surface area contributed by atoms with E-state index in [0.29, 0.717) is 24.0 Å². The Kier molecular flexibility index (Phi) is 7.36. The Balaban J connectivity index is 2.57. The van der Waals surface area contributed by atoms with Crippen molar-refractivity contribution in [2.75, 3.05) is 18.4 Å². The number of nitrogens with one attached hydrogen (secondary N) is 1. The molecule has 1 aromatic heterocycles. The Morgan fingerprint density at radius 1 is 1.43 bits per heavy atom. The monoisotopic (exact) mass is 311 g/mol. The van der Waals surface area contributed by atoms with Gasteiger partial charge in [-0.3, -0.25) is 9.59 Å². The van der Waals surface area contributed by atoms with Crippen molar-refractivity contribution in [2.24, 2.45) is 5.92 Å². The third-order valence-corrected chi connectivity index (χ3v) is 3.82. The molecule has 0 aliphatic heterocycles. The normalized spacial score (nSPS) is 10.7. The van der Waals surface area contributed by atoms with E-state index in [2.05, 4.69) is 24.1 Å². The largest absolute Gasteiger partial charge is 0.333 e. The van der Waals surface area contributed by atoms with Crippen molar-refractivity contribution in [3.8, 4) is 0 Å². The van der Waals surface area contributed by atoms with Crippen molar-refractivity contribution in [3.05, 3.63) is 11.1 Å². The summed E-state index contributed by atoms with van der Waals surface area (Å²) in [6.07, 6.45) is 3.91. The molecule has 0 saturated heterocycles. The Labute approximate surface area is 130 Å². The SMILES string of the molecule is CCCC(=O)N(CCC(C)C)CC(=O)Nc1ncc(C)s1. The Bertz CT molecular complexity index is 471. The number of thiazole rings is 1. The van der Waals surface area contributed by atoms with E-state index >= 15 is 0 Å².